The van der Waals surface area contributed by atoms with E-state index >= 15 is 0 Å². The summed E-state index contributed by atoms with van der Waals surface area (Å²) < 4.78 is 10.4. The fourth-order valence-corrected chi connectivity index (χ4v) is 2.93. The molecule has 0 unspecified atom stereocenters. The molecule has 1 atom stereocenters. The number of aromatic nitrogens is 1. The van der Waals surface area contributed by atoms with Gasteiger partial charge in [-0.3, -0.25) is 4.79 Å². The number of hydrogen-bond acceptors (Lipinski definition) is 5. The number of benzene rings is 2. The molecule has 1 aromatic heterocycles. The number of ether oxygens (including phenoxy) is 1. The van der Waals surface area contributed by atoms with Gasteiger partial charge in [-0.05, 0) is 24.8 Å². The van der Waals surface area contributed by atoms with E-state index in [-0.39, 0.29) is 18.0 Å². The monoisotopic (exact) mass is 377 g/mol. The van der Waals surface area contributed by atoms with Gasteiger partial charge in [-0.1, -0.05) is 73.6 Å². The van der Waals surface area contributed by atoms with Crippen LogP contribution in [-0.4, -0.2) is 23.5 Å². The molecule has 1 heterocycles. The van der Waals surface area contributed by atoms with Crippen molar-refractivity contribution in [2.45, 2.75) is 33.1 Å². The molecule has 0 saturated heterocycles. The predicted molar refractivity (Wildman–Crippen MR) is 106 cm³/mol. The first-order chi connectivity index (χ1) is 13.5. The maximum atomic E-state index is 12.6. The van der Waals surface area contributed by atoms with E-state index in [1.807, 2.05) is 42.5 Å². The Kier molecular flexibility index (Phi) is 6.04. The normalized spacial score (nSPS) is 11.8. The average molecular weight is 377 g/mol. The summed E-state index contributed by atoms with van der Waals surface area (Å²) in [5.74, 6) is -0.0780. The number of esters is 1. The molecule has 3 rings (SSSR count). The third kappa shape index (κ3) is 4.19. The van der Waals surface area contributed by atoms with E-state index in [0.717, 1.165) is 12.0 Å². The molecule has 0 aliphatic carbocycles. The van der Waals surface area contributed by atoms with Gasteiger partial charge in [0, 0.05) is 11.1 Å². The largest absolute Gasteiger partial charge is 0.454 e. The predicted octanol–water partition coefficient (Wildman–Crippen LogP) is 5.20. The van der Waals surface area contributed by atoms with Gasteiger partial charge in [0.2, 0.25) is 0 Å². The number of Topliss-reactive ketones (excluding diaryl/α,β-unsaturated/α-hetero) is 1. The lowest BCUT2D eigenvalue weighted by atomic mass is 9.97. The number of hydrogen-bond donors (Lipinski definition) is 0. The van der Waals surface area contributed by atoms with Crippen LogP contribution in [0, 0.1) is 6.92 Å². The van der Waals surface area contributed by atoms with Crippen LogP contribution < -0.4 is 0 Å². The van der Waals surface area contributed by atoms with E-state index in [1.165, 1.54) is 5.56 Å². The molecular weight excluding hydrogens is 354 g/mol. The first kappa shape index (κ1) is 19.5. The number of carbonyl (C=O) groups excluding carboxylic acids is 2. The summed E-state index contributed by atoms with van der Waals surface area (Å²) in [6.45, 7) is 5.58. The molecule has 144 valence electrons. The second-order valence-corrected chi connectivity index (χ2v) is 6.76. The highest BCUT2D eigenvalue weighted by molar-refractivity contribution is 6.01. The van der Waals surface area contributed by atoms with Gasteiger partial charge >= 0.3 is 5.97 Å². The lowest BCUT2D eigenvalue weighted by molar-refractivity contribution is 0.0473. The third-order valence-electron chi connectivity index (χ3n) is 4.86. The zero-order chi connectivity index (χ0) is 20.1. The van der Waals surface area contributed by atoms with Crippen LogP contribution in [0.4, 0.5) is 0 Å². The molecule has 3 aromatic rings. The van der Waals surface area contributed by atoms with Crippen molar-refractivity contribution in [3.8, 4) is 11.3 Å². The average Bonchev–Trinajstić information content (AvgIpc) is 3.13. The standard InChI is InChI=1S/C23H23NO4/c1-4-15(2)17-10-12-18(13-11-17)20(25)14-27-23(26)21-16(3)28-24-22(21)19-8-6-5-7-9-19/h5-13,15H,4,14H2,1-3H3/t15-/m1/s1. The van der Waals surface area contributed by atoms with Gasteiger partial charge in [-0.25, -0.2) is 4.79 Å². The van der Waals surface area contributed by atoms with Crippen molar-refractivity contribution in [1.82, 2.24) is 5.16 Å². The fourth-order valence-electron chi connectivity index (χ4n) is 2.93. The van der Waals surface area contributed by atoms with E-state index in [4.69, 9.17) is 9.26 Å². The van der Waals surface area contributed by atoms with Crippen molar-refractivity contribution < 1.29 is 18.8 Å². The van der Waals surface area contributed by atoms with Crippen LogP contribution in [0.2, 0.25) is 0 Å². The Labute approximate surface area is 164 Å². The van der Waals surface area contributed by atoms with Crippen molar-refractivity contribution in [3.05, 3.63) is 77.0 Å². The summed E-state index contributed by atoms with van der Waals surface area (Å²) in [5, 5.41) is 3.97. The molecule has 0 spiro atoms. The molecule has 0 aliphatic heterocycles. The number of carbonyl (C=O) groups is 2. The number of ketones is 1. The van der Waals surface area contributed by atoms with Crippen molar-refractivity contribution in [3.63, 3.8) is 0 Å². The Balaban J connectivity index is 1.69. The summed E-state index contributed by atoms with van der Waals surface area (Å²) in [5.41, 5.74) is 3.10. The molecule has 2 aromatic carbocycles. The topological polar surface area (TPSA) is 69.4 Å². The van der Waals surface area contributed by atoms with Gasteiger partial charge < -0.3 is 9.26 Å². The summed E-state index contributed by atoms with van der Waals surface area (Å²) in [6.07, 6.45) is 1.03. The van der Waals surface area contributed by atoms with Crippen LogP contribution >= 0.6 is 0 Å². The molecule has 0 saturated carbocycles. The molecule has 5 heteroatoms. The smallest absolute Gasteiger partial charge is 0.344 e. The van der Waals surface area contributed by atoms with Gasteiger partial charge in [0.15, 0.2) is 12.4 Å². The molecule has 5 nitrogen and oxygen atoms in total. The van der Waals surface area contributed by atoms with Crippen LogP contribution in [0.3, 0.4) is 0 Å². The molecule has 0 fully saturated rings. The second-order valence-electron chi connectivity index (χ2n) is 6.76. The first-order valence-electron chi connectivity index (χ1n) is 9.33. The van der Waals surface area contributed by atoms with Crippen LogP contribution in [0.5, 0.6) is 0 Å². The summed E-state index contributed by atoms with van der Waals surface area (Å²) >= 11 is 0. The zero-order valence-corrected chi connectivity index (χ0v) is 16.3. The Morgan fingerprint density at radius 1 is 1.07 bits per heavy atom. The highest BCUT2D eigenvalue weighted by atomic mass is 16.5. The highest BCUT2D eigenvalue weighted by Crippen LogP contribution is 2.26. The van der Waals surface area contributed by atoms with E-state index in [2.05, 4.69) is 19.0 Å². The van der Waals surface area contributed by atoms with Gasteiger partial charge in [0.05, 0.1) is 0 Å². The lowest BCUT2D eigenvalue weighted by Crippen LogP contribution is -2.15. The van der Waals surface area contributed by atoms with Crippen molar-refractivity contribution in [2.75, 3.05) is 6.61 Å². The van der Waals surface area contributed by atoms with E-state index < -0.39 is 5.97 Å². The van der Waals surface area contributed by atoms with Crippen LogP contribution in [0.25, 0.3) is 11.3 Å². The van der Waals surface area contributed by atoms with Crippen molar-refractivity contribution >= 4 is 11.8 Å². The Morgan fingerprint density at radius 3 is 2.39 bits per heavy atom. The minimum Gasteiger partial charge on any atom is -0.454 e. The third-order valence-corrected chi connectivity index (χ3v) is 4.86. The van der Waals surface area contributed by atoms with Crippen LogP contribution in [0.1, 0.15) is 58.2 Å². The zero-order valence-electron chi connectivity index (χ0n) is 16.3. The maximum absolute atomic E-state index is 12.6. The van der Waals surface area contributed by atoms with Gasteiger partial charge in [-0.15, -0.1) is 0 Å². The lowest BCUT2D eigenvalue weighted by Gasteiger charge is -2.09. The van der Waals surface area contributed by atoms with Crippen LogP contribution in [-0.2, 0) is 4.74 Å². The minimum absolute atomic E-state index is 0.242. The molecule has 0 N–H and O–H groups in total. The van der Waals surface area contributed by atoms with Crippen molar-refractivity contribution in [1.29, 1.82) is 0 Å². The van der Waals surface area contributed by atoms with Crippen LogP contribution in [0.15, 0.2) is 59.1 Å². The van der Waals surface area contributed by atoms with Gasteiger partial charge in [0.1, 0.15) is 17.0 Å². The van der Waals surface area contributed by atoms with Gasteiger partial charge in [-0.2, -0.15) is 0 Å². The second kappa shape index (κ2) is 8.65. The molecule has 0 bridgehead atoms. The highest BCUT2D eigenvalue weighted by Gasteiger charge is 2.23. The summed E-state index contributed by atoms with van der Waals surface area (Å²) in [4.78, 5) is 25.0. The number of aryl methyl sites for hydroxylation is 1. The first-order valence-corrected chi connectivity index (χ1v) is 9.33. The van der Waals surface area contributed by atoms with Gasteiger partial charge in [0.25, 0.3) is 0 Å². The summed E-state index contributed by atoms with van der Waals surface area (Å²) in [7, 11) is 0. The van der Waals surface area contributed by atoms with E-state index in [9.17, 15) is 9.59 Å². The minimum atomic E-state index is -0.623. The van der Waals surface area contributed by atoms with E-state index in [0.29, 0.717) is 22.9 Å². The molecule has 0 radical (unpaired) electrons. The molecular formula is C23H23NO4. The molecule has 0 aliphatic rings. The Morgan fingerprint density at radius 2 is 1.75 bits per heavy atom. The Bertz CT molecular complexity index is 958. The molecule has 0 amide bonds. The number of nitrogens with zero attached hydrogens (tertiary/aromatic N) is 1. The maximum Gasteiger partial charge on any atom is 0.344 e. The molecule has 28 heavy (non-hydrogen) atoms. The fraction of sp³-hybridized carbons (Fsp3) is 0.261. The SMILES string of the molecule is CC[C@@H](C)c1ccc(C(=O)COC(=O)c2c(-c3ccccc3)noc2C)cc1. The number of rotatable bonds is 7. The summed E-state index contributed by atoms with van der Waals surface area (Å²) in [6, 6.07) is 16.7. The Hall–Kier alpha value is -3.21. The van der Waals surface area contributed by atoms with Crippen molar-refractivity contribution in [2.24, 2.45) is 0 Å². The quantitative estimate of drug-likeness (QED) is 0.418. The van der Waals surface area contributed by atoms with E-state index in [1.54, 1.807) is 19.1 Å².